The number of rotatable bonds is 9. The first-order valence-corrected chi connectivity index (χ1v) is 15.6. The summed E-state index contributed by atoms with van der Waals surface area (Å²) in [5, 5.41) is 0.847. The van der Waals surface area contributed by atoms with Gasteiger partial charge in [-0.25, -0.2) is 16.8 Å². The molecule has 1 saturated heterocycles. The summed E-state index contributed by atoms with van der Waals surface area (Å²) in [7, 11) is -6.95. The number of nitrogens with zero attached hydrogens (tertiary/aromatic N) is 2. The molecule has 1 aliphatic heterocycles. The number of sulfonamides is 1. The molecule has 1 atom stereocenters. The molecule has 2 aromatic carbocycles. The van der Waals surface area contributed by atoms with Crippen LogP contribution < -0.4 is 4.31 Å². The van der Waals surface area contributed by atoms with Gasteiger partial charge >= 0.3 is 0 Å². The second-order valence-electron chi connectivity index (χ2n) is 8.71. The topological polar surface area (TPSA) is 74.8 Å². The fourth-order valence-corrected chi connectivity index (χ4v) is 7.58. The van der Waals surface area contributed by atoms with E-state index in [9.17, 15) is 16.8 Å². The van der Waals surface area contributed by atoms with E-state index in [1.165, 1.54) is 34.8 Å². The number of hydrogen-bond acceptors (Lipinski definition) is 5. The average molecular weight is 568 g/mol. The van der Waals surface area contributed by atoms with Crippen molar-refractivity contribution < 1.29 is 16.8 Å². The standard InChI is InChI=1S/C23H29Cl3N2O4S2/c1-17(4-3-13-27-14-11-20(12-15-27)33(2,29)30)28(23-16-19(25)7-10-22(23)26)34(31,32)21-8-5-18(24)6-9-21/h5-10,16-17,20H,3-4,11-15H2,1-2H3/t17-/m1/s1. The lowest BCUT2D eigenvalue weighted by Gasteiger charge is -2.33. The van der Waals surface area contributed by atoms with Gasteiger partial charge in [0, 0.05) is 22.3 Å². The van der Waals surface area contributed by atoms with Gasteiger partial charge in [-0.2, -0.15) is 0 Å². The minimum Gasteiger partial charge on any atom is -0.303 e. The molecule has 1 heterocycles. The smallest absolute Gasteiger partial charge is 0.264 e. The fourth-order valence-electron chi connectivity index (χ4n) is 4.27. The molecule has 0 unspecified atom stereocenters. The summed E-state index contributed by atoms with van der Waals surface area (Å²) in [6, 6.07) is 10.4. The fraction of sp³-hybridized carbons (Fsp3) is 0.478. The van der Waals surface area contributed by atoms with E-state index in [2.05, 4.69) is 4.90 Å². The van der Waals surface area contributed by atoms with Crippen LogP contribution in [0.5, 0.6) is 0 Å². The van der Waals surface area contributed by atoms with Gasteiger partial charge in [0.2, 0.25) is 0 Å². The Labute approximate surface area is 217 Å². The molecule has 0 spiro atoms. The molecular formula is C23H29Cl3N2O4S2. The van der Waals surface area contributed by atoms with Gasteiger partial charge in [0.1, 0.15) is 9.84 Å². The largest absolute Gasteiger partial charge is 0.303 e. The van der Waals surface area contributed by atoms with Crippen molar-refractivity contribution in [2.75, 3.05) is 30.2 Å². The number of anilines is 1. The van der Waals surface area contributed by atoms with Gasteiger partial charge < -0.3 is 4.90 Å². The first kappa shape index (κ1) is 27.6. The van der Waals surface area contributed by atoms with Crippen LogP contribution in [0.2, 0.25) is 15.1 Å². The minimum absolute atomic E-state index is 0.114. The molecule has 0 aromatic heterocycles. The Hall–Kier alpha value is -1.03. The van der Waals surface area contributed by atoms with Crippen LogP contribution in [0.1, 0.15) is 32.6 Å². The van der Waals surface area contributed by atoms with Crippen LogP contribution in [0.3, 0.4) is 0 Å². The van der Waals surface area contributed by atoms with E-state index < -0.39 is 25.9 Å². The zero-order valence-electron chi connectivity index (χ0n) is 19.1. The van der Waals surface area contributed by atoms with E-state index in [0.29, 0.717) is 35.0 Å². The summed E-state index contributed by atoms with van der Waals surface area (Å²) < 4.78 is 52.2. The summed E-state index contributed by atoms with van der Waals surface area (Å²) in [5.41, 5.74) is 0.325. The molecule has 1 fully saturated rings. The number of halogens is 3. The molecule has 0 amide bonds. The first-order chi connectivity index (χ1) is 15.9. The maximum absolute atomic E-state index is 13.7. The number of hydrogen-bond donors (Lipinski definition) is 0. The molecule has 0 saturated carbocycles. The summed E-state index contributed by atoms with van der Waals surface area (Å²) in [4.78, 5) is 2.35. The Morgan fingerprint density at radius 1 is 0.971 bits per heavy atom. The zero-order chi connectivity index (χ0) is 25.1. The second-order valence-corrected chi connectivity index (χ2v) is 14.1. The zero-order valence-corrected chi connectivity index (χ0v) is 23.0. The van der Waals surface area contributed by atoms with Crippen LogP contribution in [-0.4, -0.2) is 58.9 Å². The Morgan fingerprint density at radius 2 is 1.56 bits per heavy atom. The predicted molar refractivity (Wildman–Crippen MR) is 141 cm³/mol. The van der Waals surface area contributed by atoms with Crippen molar-refractivity contribution in [1.82, 2.24) is 4.90 Å². The predicted octanol–water partition coefficient (Wildman–Crippen LogP) is 5.52. The third kappa shape index (κ3) is 6.80. The van der Waals surface area contributed by atoms with Crippen LogP contribution in [0, 0.1) is 0 Å². The van der Waals surface area contributed by atoms with Crippen molar-refractivity contribution in [2.45, 2.75) is 48.8 Å². The molecular weight excluding hydrogens is 539 g/mol. The van der Waals surface area contributed by atoms with Crippen molar-refractivity contribution >= 4 is 60.4 Å². The highest BCUT2D eigenvalue weighted by molar-refractivity contribution is 7.93. The Balaban J connectivity index is 1.76. The lowest BCUT2D eigenvalue weighted by molar-refractivity contribution is 0.225. The van der Waals surface area contributed by atoms with E-state index in [1.54, 1.807) is 18.2 Å². The summed E-state index contributed by atoms with van der Waals surface area (Å²) in [6.45, 7) is 4.05. The second kappa shape index (κ2) is 11.4. The molecule has 34 heavy (non-hydrogen) atoms. The van der Waals surface area contributed by atoms with Crippen LogP contribution in [0.25, 0.3) is 0 Å². The monoisotopic (exact) mass is 566 g/mol. The summed E-state index contributed by atoms with van der Waals surface area (Å²) in [5.74, 6) is 0. The van der Waals surface area contributed by atoms with Gasteiger partial charge in [0.25, 0.3) is 10.0 Å². The van der Waals surface area contributed by atoms with Gasteiger partial charge in [-0.05, 0) is 94.7 Å². The Morgan fingerprint density at radius 3 is 2.15 bits per heavy atom. The van der Waals surface area contributed by atoms with E-state index in [-0.39, 0.29) is 15.2 Å². The molecule has 1 aliphatic rings. The van der Waals surface area contributed by atoms with E-state index in [0.717, 1.165) is 26.1 Å². The van der Waals surface area contributed by atoms with Crippen molar-refractivity contribution in [2.24, 2.45) is 0 Å². The molecule has 0 bridgehead atoms. The lowest BCUT2D eigenvalue weighted by atomic mass is 10.1. The van der Waals surface area contributed by atoms with Crippen LogP contribution in [-0.2, 0) is 19.9 Å². The molecule has 11 heteroatoms. The highest BCUT2D eigenvalue weighted by Gasteiger charge is 2.32. The number of benzene rings is 2. The van der Waals surface area contributed by atoms with Crippen molar-refractivity contribution in [3.8, 4) is 0 Å². The molecule has 3 rings (SSSR count). The Kier molecular flexibility index (Phi) is 9.20. The van der Waals surface area contributed by atoms with Crippen LogP contribution in [0.4, 0.5) is 5.69 Å². The normalized spacial score (nSPS) is 17.0. The molecule has 188 valence electrons. The van der Waals surface area contributed by atoms with Crippen molar-refractivity contribution in [3.05, 3.63) is 57.5 Å². The maximum atomic E-state index is 13.7. The molecule has 0 aliphatic carbocycles. The highest BCUT2D eigenvalue weighted by Crippen LogP contribution is 2.35. The van der Waals surface area contributed by atoms with Gasteiger partial charge in [-0.1, -0.05) is 34.8 Å². The van der Waals surface area contributed by atoms with Crippen molar-refractivity contribution in [3.63, 3.8) is 0 Å². The maximum Gasteiger partial charge on any atom is 0.264 e. The third-order valence-corrected chi connectivity index (χ3v) is 10.6. The van der Waals surface area contributed by atoms with E-state index in [4.69, 9.17) is 34.8 Å². The molecule has 2 aromatic rings. The number of likely N-dealkylation sites (tertiary alicyclic amines) is 1. The molecule has 0 radical (unpaired) electrons. The summed E-state index contributed by atoms with van der Waals surface area (Å²) >= 11 is 18.6. The van der Waals surface area contributed by atoms with Crippen LogP contribution >= 0.6 is 34.8 Å². The van der Waals surface area contributed by atoms with Gasteiger partial charge in [-0.3, -0.25) is 4.31 Å². The van der Waals surface area contributed by atoms with Crippen molar-refractivity contribution in [1.29, 1.82) is 0 Å². The highest BCUT2D eigenvalue weighted by atomic mass is 35.5. The SMILES string of the molecule is C[C@H](CCCN1CCC(S(C)(=O)=O)CC1)N(c1cc(Cl)ccc1Cl)S(=O)(=O)c1ccc(Cl)cc1. The minimum atomic E-state index is -3.94. The number of piperidine rings is 1. The third-order valence-electron chi connectivity index (χ3n) is 6.15. The number of sulfone groups is 1. The van der Waals surface area contributed by atoms with E-state index in [1.807, 2.05) is 6.92 Å². The van der Waals surface area contributed by atoms with Gasteiger partial charge in [0.15, 0.2) is 0 Å². The van der Waals surface area contributed by atoms with Crippen LogP contribution in [0.15, 0.2) is 47.4 Å². The lowest BCUT2D eigenvalue weighted by Crippen LogP contribution is -2.41. The molecule has 0 N–H and O–H groups in total. The average Bonchev–Trinajstić information content (AvgIpc) is 2.76. The Bertz CT molecular complexity index is 1200. The van der Waals surface area contributed by atoms with Gasteiger partial charge in [0.05, 0.1) is 20.9 Å². The van der Waals surface area contributed by atoms with Gasteiger partial charge in [-0.15, -0.1) is 0 Å². The van der Waals surface area contributed by atoms with E-state index >= 15 is 0 Å². The molecule has 6 nitrogen and oxygen atoms in total. The quantitative estimate of drug-likeness (QED) is 0.399. The summed E-state index contributed by atoms with van der Waals surface area (Å²) in [6.07, 6.45) is 3.88. The first-order valence-electron chi connectivity index (χ1n) is 11.1.